The summed E-state index contributed by atoms with van der Waals surface area (Å²) in [6.45, 7) is 3.08. The van der Waals surface area contributed by atoms with Crippen LogP contribution in [0.5, 0.6) is 5.75 Å². The van der Waals surface area contributed by atoms with Crippen LogP contribution in [0.15, 0.2) is 24.3 Å². The summed E-state index contributed by atoms with van der Waals surface area (Å²) in [4.78, 5) is 13.6. The smallest absolute Gasteiger partial charge is 0.253 e. The van der Waals surface area contributed by atoms with Gasteiger partial charge >= 0.3 is 0 Å². The molecule has 16 heavy (non-hydrogen) atoms. The van der Waals surface area contributed by atoms with Gasteiger partial charge in [0.15, 0.2) is 0 Å². The van der Waals surface area contributed by atoms with Gasteiger partial charge in [-0.2, -0.15) is 0 Å². The largest absolute Gasteiger partial charge is 0.508 e. The molecule has 2 N–H and O–H groups in total. The van der Waals surface area contributed by atoms with Gasteiger partial charge in [-0.25, -0.2) is 0 Å². The Labute approximate surface area is 95.1 Å². The number of amides is 1. The van der Waals surface area contributed by atoms with Crippen molar-refractivity contribution in [3.8, 4) is 5.75 Å². The third-order valence-corrected chi connectivity index (χ3v) is 2.35. The lowest BCUT2D eigenvalue weighted by Crippen LogP contribution is -2.32. The molecule has 0 aliphatic carbocycles. The average molecular weight is 223 g/mol. The van der Waals surface area contributed by atoms with Crippen molar-refractivity contribution < 1.29 is 15.0 Å². The number of phenolic OH excluding ortho intramolecular Hbond substituents is 1. The highest BCUT2D eigenvalue weighted by Gasteiger charge is 2.13. The van der Waals surface area contributed by atoms with Crippen molar-refractivity contribution in [1.29, 1.82) is 0 Å². The minimum Gasteiger partial charge on any atom is -0.508 e. The summed E-state index contributed by atoms with van der Waals surface area (Å²) in [6, 6.07) is 6.29. The summed E-state index contributed by atoms with van der Waals surface area (Å²) in [5.41, 5.74) is 0.472. The van der Waals surface area contributed by atoms with Gasteiger partial charge in [-0.3, -0.25) is 4.79 Å². The second kappa shape index (κ2) is 6.12. The fourth-order valence-corrected chi connectivity index (χ4v) is 1.49. The summed E-state index contributed by atoms with van der Waals surface area (Å²) >= 11 is 0. The van der Waals surface area contributed by atoms with Crippen molar-refractivity contribution in [3.05, 3.63) is 29.8 Å². The zero-order valence-corrected chi connectivity index (χ0v) is 9.39. The van der Waals surface area contributed by atoms with E-state index in [1.54, 1.807) is 17.0 Å². The van der Waals surface area contributed by atoms with Crippen molar-refractivity contribution in [2.75, 3.05) is 19.7 Å². The van der Waals surface area contributed by atoms with E-state index in [0.717, 1.165) is 0 Å². The number of aromatic hydroxyl groups is 1. The Morgan fingerprint density at radius 1 is 1.44 bits per heavy atom. The van der Waals surface area contributed by atoms with Crippen LogP contribution < -0.4 is 0 Å². The molecule has 88 valence electrons. The maximum atomic E-state index is 12.0. The van der Waals surface area contributed by atoms with E-state index in [4.69, 9.17) is 5.11 Å². The lowest BCUT2D eigenvalue weighted by Gasteiger charge is -2.20. The maximum Gasteiger partial charge on any atom is 0.253 e. The van der Waals surface area contributed by atoms with Crippen LogP contribution in [-0.2, 0) is 0 Å². The first-order valence-electron chi connectivity index (χ1n) is 5.38. The topological polar surface area (TPSA) is 60.8 Å². The summed E-state index contributed by atoms with van der Waals surface area (Å²) < 4.78 is 0. The molecular weight excluding hydrogens is 206 g/mol. The summed E-state index contributed by atoms with van der Waals surface area (Å²) in [5, 5.41) is 18.0. The summed E-state index contributed by atoms with van der Waals surface area (Å²) in [6.07, 6.45) is 0.568. The molecule has 4 heteroatoms. The van der Waals surface area contributed by atoms with Gasteiger partial charge in [-0.1, -0.05) is 6.07 Å². The lowest BCUT2D eigenvalue weighted by atomic mass is 10.2. The van der Waals surface area contributed by atoms with E-state index in [-0.39, 0.29) is 18.3 Å². The Bertz CT molecular complexity index is 352. The summed E-state index contributed by atoms with van der Waals surface area (Å²) in [5.74, 6) is -0.0316. The van der Waals surface area contributed by atoms with E-state index >= 15 is 0 Å². The van der Waals surface area contributed by atoms with Crippen LogP contribution >= 0.6 is 0 Å². The Hall–Kier alpha value is -1.55. The molecule has 0 radical (unpaired) electrons. The zero-order chi connectivity index (χ0) is 12.0. The van der Waals surface area contributed by atoms with E-state index in [9.17, 15) is 9.90 Å². The molecule has 0 aliphatic heterocycles. The van der Waals surface area contributed by atoms with Gasteiger partial charge < -0.3 is 15.1 Å². The minimum atomic E-state index is -0.119. The molecule has 0 saturated heterocycles. The third-order valence-electron chi connectivity index (χ3n) is 2.35. The summed E-state index contributed by atoms with van der Waals surface area (Å²) in [7, 11) is 0. The van der Waals surface area contributed by atoms with Crippen molar-refractivity contribution >= 4 is 5.91 Å². The van der Waals surface area contributed by atoms with E-state index < -0.39 is 0 Å². The Kier molecular flexibility index (Phi) is 4.79. The highest BCUT2D eigenvalue weighted by Crippen LogP contribution is 2.13. The predicted molar refractivity (Wildman–Crippen MR) is 61.4 cm³/mol. The van der Waals surface area contributed by atoms with Crippen LogP contribution in [0.3, 0.4) is 0 Å². The number of aliphatic hydroxyl groups is 1. The molecule has 0 bridgehead atoms. The third kappa shape index (κ3) is 3.24. The molecule has 0 spiro atoms. The van der Waals surface area contributed by atoms with Crippen molar-refractivity contribution in [2.45, 2.75) is 13.3 Å². The molecule has 0 unspecified atom stereocenters. The van der Waals surface area contributed by atoms with Crippen LogP contribution in [0.25, 0.3) is 0 Å². The monoisotopic (exact) mass is 223 g/mol. The number of carbonyl (C=O) groups is 1. The normalized spacial score (nSPS) is 10.1. The van der Waals surface area contributed by atoms with Gasteiger partial charge in [-0.05, 0) is 31.5 Å². The highest BCUT2D eigenvalue weighted by molar-refractivity contribution is 5.94. The predicted octanol–water partition coefficient (Wildman–Crippen LogP) is 1.24. The first kappa shape index (κ1) is 12.5. The van der Waals surface area contributed by atoms with Crippen LogP contribution in [0.2, 0.25) is 0 Å². The van der Waals surface area contributed by atoms with Gasteiger partial charge in [-0.15, -0.1) is 0 Å². The van der Waals surface area contributed by atoms with E-state index in [2.05, 4.69) is 0 Å². The molecule has 1 amide bonds. The van der Waals surface area contributed by atoms with Gasteiger partial charge in [0, 0.05) is 25.3 Å². The zero-order valence-electron chi connectivity index (χ0n) is 9.39. The molecule has 0 atom stereocenters. The fourth-order valence-electron chi connectivity index (χ4n) is 1.49. The highest BCUT2D eigenvalue weighted by atomic mass is 16.3. The average Bonchev–Trinajstić information content (AvgIpc) is 2.29. The SMILES string of the molecule is CCN(CCCO)C(=O)c1cccc(O)c1. The van der Waals surface area contributed by atoms with Gasteiger partial charge in [0.1, 0.15) is 5.75 Å². The second-order valence-corrected chi connectivity index (χ2v) is 3.51. The molecule has 0 heterocycles. The van der Waals surface area contributed by atoms with Crippen LogP contribution in [-0.4, -0.2) is 40.7 Å². The van der Waals surface area contributed by atoms with E-state index in [0.29, 0.717) is 25.1 Å². The number of hydrogen-bond acceptors (Lipinski definition) is 3. The first-order valence-corrected chi connectivity index (χ1v) is 5.38. The van der Waals surface area contributed by atoms with Crippen molar-refractivity contribution in [1.82, 2.24) is 4.90 Å². The number of nitrogens with zero attached hydrogens (tertiary/aromatic N) is 1. The maximum absolute atomic E-state index is 12.0. The number of benzene rings is 1. The lowest BCUT2D eigenvalue weighted by molar-refractivity contribution is 0.0754. The Morgan fingerprint density at radius 2 is 2.19 bits per heavy atom. The molecule has 0 saturated carbocycles. The second-order valence-electron chi connectivity index (χ2n) is 3.51. The molecule has 0 aromatic heterocycles. The molecule has 1 aromatic carbocycles. The molecule has 1 aromatic rings. The number of aliphatic hydroxyl groups excluding tert-OH is 1. The van der Waals surface area contributed by atoms with Gasteiger partial charge in [0.2, 0.25) is 0 Å². The Balaban J connectivity index is 2.74. The number of carbonyl (C=O) groups excluding carboxylic acids is 1. The van der Waals surface area contributed by atoms with Crippen LogP contribution in [0.4, 0.5) is 0 Å². The molecule has 0 fully saturated rings. The minimum absolute atomic E-state index is 0.0732. The fraction of sp³-hybridized carbons (Fsp3) is 0.417. The molecule has 4 nitrogen and oxygen atoms in total. The number of hydrogen-bond donors (Lipinski definition) is 2. The molecule has 0 aliphatic rings. The van der Waals surface area contributed by atoms with E-state index in [1.165, 1.54) is 12.1 Å². The number of phenols is 1. The first-order chi connectivity index (χ1) is 7.69. The molecular formula is C12H17NO3. The van der Waals surface area contributed by atoms with Crippen molar-refractivity contribution in [3.63, 3.8) is 0 Å². The number of rotatable bonds is 5. The molecule has 1 rings (SSSR count). The van der Waals surface area contributed by atoms with Gasteiger partial charge in [0.05, 0.1) is 0 Å². The van der Waals surface area contributed by atoms with Gasteiger partial charge in [0.25, 0.3) is 5.91 Å². The quantitative estimate of drug-likeness (QED) is 0.789. The van der Waals surface area contributed by atoms with Crippen LogP contribution in [0.1, 0.15) is 23.7 Å². The van der Waals surface area contributed by atoms with Crippen LogP contribution in [0, 0.1) is 0 Å². The van der Waals surface area contributed by atoms with E-state index in [1.807, 2.05) is 6.92 Å². The Morgan fingerprint density at radius 3 is 2.75 bits per heavy atom. The standard InChI is InChI=1S/C12H17NO3/c1-2-13(7-4-8-14)12(16)10-5-3-6-11(15)9-10/h3,5-6,9,14-15H,2,4,7-8H2,1H3. The van der Waals surface area contributed by atoms with Crippen molar-refractivity contribution in [2.24, 2.45) is 0 Å².